The van der Waals surface area contributed by atoms with E-state index in [1.165, 1.54) is 43.8 Å². The molecule has 0 aliphatic heterocycles. The molecule has 0 aliphatic rings. The van der Waals surface area contributed by atoms with Gasteiger partial charge in [-0.15, -0.1) is 103 Å². The first-order valence-corrected chi connectivity index (χ1v) is 8.64. The first-order chi connectivity index (χ1) is 13.9. The van der Waals surface area contributed by atoms with E-state index in [1.54, 1.807) is 0 Å². The molecule has 0 bridgehead atoms. The third kappa shape index (κ3) is 5.30. The molecule has 0 saturated carbocycles. The van der Waals surface area contributed by atoms with Gasteiger partial charge in [0.25, 0.3) is 0 Å². The summed E-state index contributed by atoms with van der Waals surface area (Å²) in [6, 6.07) is 24.5. The summed E-state index contributed by atoms with van der Waals surface area (Å²) in [5.41, 5.74) is 1.90. The van der Waals surface area contributed by atoms with E-state index in [9.17, 15) is 0 Å². The predicted molar refractivity (Wildman–Crippen MR) is 105 cm³/mol. The van der Waals surface area contributed by atoms with Crippen LogP contribution in [0.3, 0.4) is 0 Å². The van der Waals surface area contributed by atoms with Crippen molar-refractivity contribution in [2.75, 3.05) is 0 Å². The molecule has 0 fully saturated rings. The van der Waals surface area contributed by atoms with Gasteiger partial charge in [0.2, 0.25) is 0 Å². The van der Waals surface area contributed by atoms with E-state index in [0.29, 0.717) is 0 Å². The monoisotopic (exact) mass is 616 g/mol. The van der Waals surface area contributed by atoms with Crippen molar-refractivity contribution in [3.8, 4) is 11.4 Å². The Kier molecular flexibility index (Phi) is 8.73. The Morgan fingerprint density at radius 2 is 1.03 bits per heavy atom. The largest absolute Gasteiger partial charge is 4.00 e. The molecule has 0 unspecified atom stereocenters. The van der Waals surface area contributed by atoms with Crippen molar-refractivity contribution in [2.24, 2.45) is 0 Å². The summed E-state index contributed by atoms with van der Waals surface area (Å²) >= 11 is 0. The summed E-state index contributed by atoms with van der Waals surface area (Å²) < 4.78 is 0. The van der Waals surface area contributed by atoms with Crippen molar-refractivity contribution in [1.29, 1.82) is 0 Å². The van der Waals surface area contributed by atoms with Crippen LogP contribution in [0.25, 0.3) is 32.9 Å². The van der Waals surface area contributed by atoms with Gasteiger partial charge in [-0.25, -0.2) is 0 Å². The molecule has 6 aromatic rings. The fraction of sp³-hybridized carbons (Fsp3) is 0. The maximum absolute atomic E-state index is 3.98. The smallest absolute Gasteiger partial charge is 1.00 e. The molecule has 11 heteroatoms. The van der Waals surface area contributed by atoms with Crippen LogP contribution in [0, 0.1) is 0 Å². The molecule has 0 amide bonds. The summed E-state index contributed by atoms with van der Waals surface area (Å²) in [5, 5.41) is 27.7. The van der Waals surface area contributed by atoms with Crippen LogP contribution in [0.2, 0.25) is 0 Å². The van der Waals surface area contributed by atoms with E-state index in [0.717, 1.165) is 11.4 Å². The van der Waals surface area contributed by atoms with Crippen LogP contribution in [-0.2, 0) is 25.8 Å². The van der Waals surface area contributed by atoms with Gasteiger partial charge in [-0.2, -0.15) is 9.59 Å². The minimum absolute atomic E-state index is 0. The van der Waals surface area contributed by atoms with Gasteiger partial charge in [-0.05, 0) is 21.8 Å². The summed E-state index contributed by atoms with van der Waals surface area (Å²) in [5.74, 6) is 0. The molecule has 2 heterocycles. The zero-order chi connectivity index (χ0) is 18.8. The summed E-state index contributed by atoms with van der Waals surface area (Å²) in [6.07, 6.45) is 2.86. The molecule has 0 N–H and O–H groups in total. The zero-order valence-corrected chi connectivity index (χ0v) is 21.0. The fourth-order valence-electron chi connectivity index (χ4n) is 3.07. The minimum atomic E-state index is 0. The third-order valence-electron chi connectivity index (χ3n) is 4.37. The average molecular weight is 616 g/mol. The summed E-state index contributed by atoms with van der Waals surface area (Å²) in [6.45, 7) is 0. The van der Waals surface area contributed by atoms with Gasteiger partial charge >= 0.3 is 25.8 Å². The number of hydrogen-bond donors (Lipinski definition) is 0. The number of hydrogen-bond acceptors (Lipinski definition) is 6. The van der Waals surface area contributed by atoms with E-state index >= 15 is 0 Å². The van der Waals surface area contributed by atoms with Crippen LogP contribution in [0.15, 0.2) is 85.5 Å². The van der Waals surface area contributed by atoms with Crippen molar-refractivity contribution >= 4 is 21.5 Å². The Morgan fingerprint density at radius 1 is 0.613 bits per heavy atom. The number of nitrogens with zero attached hydrogens (tertiary/aromatic N) is 8. The Labute approximate surface area is 208 Å². The number of benzene rings is 2. The Morgan fingerprint density at radius 3 is 1.39 bits per heavy atom. The van der Waals surface area contributed by atoms with Gasteiger partial charge < -0.3 is 24.8 Å². The molecule has 8 nitrogen and oxygen atoms in total. The molecule has 0 radical (unpaired) electrons. The van der Waals surface area contributed by atoms with Gasteiger partial charge in [-0.3, -0.25) is 0 Å². The SMILES string of the molecule is [Cl-].[Cl-].[Hf+4].c1ccc2[cH-]c(-n3ncnn3)cc2c1.c1ccc2[cH-]c(-n3ncnn3)cc2c1. The molecule has 6 rings (SSSR count). The molecule has 0 saturated heterocycles. The second kappa shape index (κ2) is 11.0. The van der Waals surface area contributed by atoms with Crippen LogP contribution in [0.4, 0.5) is 0 Å². The van der Waals surface area contributed by atoms with E-state index < -0.39 is 0 Å². The Bertz CT molecular complexity index is 1160. The Balaban J connectivity index is 0.000000201. The first-order valence-electron chi connectivity index (χ1n) is 8.64. The molecular weight excluding hydrogens is 602 g/mol. The minimum Gasteiger partial charge on any atom is -1.00 e. The first kappa shape index (κ1) is 24.5. The summed E-state index contributed by atoms with van der Waals surface area (Å²) in [7, 11) is 0. The molecule has 0 aliphatic carbocycles. The molecular formula is C20H14Cl2HfN8. The molecule has 31 heavy (non-hydrogen) atoms. The Hall–Kier alpha value is -2.75. The number of halogens is 2. The van der Waals surface area contributed by atoms with Gasteiger partial charge in [0.15, 0.2) is 12.7 Å². The second-order valence-electron chi connectivity index (χ2n) is 6.14. The molecule has 0 atom stereocenters. The normalized spacial score (nSPS) is 9.81. The standard InChI is InChI=1S/2C10H7N4.2ClH.Hf/c2*1-2-4-9-6-10(5-8(9)3-1)14-12-7-11-13-14;;;/h2*1-7H;2*1H;/q2*-1;;;+4/p-2. The number of aromatic nitrogens is 8. The number of rotatable bonds is 2. The maximum atomic E-state index is 3.98. The quantitative estimate of drug-likeness (QED) is 0.153. The van der Waals surface area contributed by atoms with Crippen molar-refractivity contribution < 1.29 is 50.7 Å². The van der Waals surface area contributed by atoms with Crippen LogP contribution >= 0.6 is 0 Å². The van der Waals surface area contributed by atoms with Crippen molar-refractivity contribution in [3.05, 3.63) is 85.5 Å². The van der Waals surface area contributed by atoms with Crippen LogP contribution in [0.1, 0.15) is 0 Å². The fourth-order valence-corrected chi connectivity index (χ4v) is 3.07. The van der Waals surface area contributed by atoms with E-state index in [1.807, 2.05) is 48.5 Å². The van der Waals surface area contributed by atoms with Gasteiger partial charge in [0.1, 0.15) is 0 Å². The van der Waals surface area contributed by atoms with Crippen LogP contribution in [0.5, 0.6) is 0 Å². The van der Waals surface area contributed by atoms with Crippen molar-refractivity contribution in [1.82, 2.24) is 40.4 Å². The molecule has 2 aromatic heterocycles. The average Bonchev–Trinajstić information content (AvgIpc) is 3.54. The van der Waals surface area contributed by atoms with Gasteiger partial charge in [0.05, 0.1) is 0 Å². The van der Waals surface area contributed by atoms with Gasteiger partial charge in [0, 0.05) is 0 Å². The van der Waals surface area contributed by atoms with Crippen LogP contribution in [-0.4, -0.2) is 40.4 Å². The van der Waals surface area contributed by atoms with E-state index in [2.05, 4.69) is 55.1 Å². The van der Waals surface area contributed by atoms with E-state index in [-0.39, 0.29) is 50.7 Å². The number of tetrazole rings is 2. The van der Waals surface area contributed by atoms with Crippen molar-refractivity contribution in [3.63, 3.8) is 0 Å². The van der Waals surface area contributed by atoms with Gasteiger partial charge in [-0.1, -0.05) is 12.1 Å². The van der Waals surface area contributed by atoms with Crippen molar-refractivity contribution in [2.45, 2.75) is 0 Å². The molecule has 0 spiro atoms. The molecule has 4 aromatic carbocycles. The predicted octanol–water partition coefficient (Wildman–Crippen LogP) is -2.93. The maximum Gasteiger partial charge on any atom is 4.00 e. The van der Waals surface area contributed by atoms with Crippen LogP contribution < -0.4 is 24.8 Å². The third-order valence-corrected chi connectivity index (χ3v) is 4.37. The second-order valence-corrected chi connectivity index (χ2v) is 6.14. The summed E-state index contributed by atoms with van der Waals surface area (Å²) in [4.78, 5) is 3.03. The zero-order valence-electron chi connectivity index (χ0n) is 15.9. The van der Waals surface area contributed by atoms with E-state index in [4.69, 9.17) is 0 Å². The topological polar surface area (TPSA) is 87.2 Å². The molecule has 152 valence electrons. The number of fused-ring (bicyclic) bond motifs is 2.